The molecule has 0 aliphatic rings. The lowest BCUT2D eigenvalue weighted by molar-refractivity contribution is 0.100. The smallest absolute Gasteiger partial charge is 0.248 e. The Hall–Kier alpha value is -3.02. The number of hydrogen-bond acceptors (Lipinski definition) is 4. The maximum absolute atomic E-state index is 11.2. The van der Waals surface area contributed by atoms with E-state index in [1.54, 1.807) is 35.3 Å². The van der Waals surface area contributed by atoms with Crippen LogP contribution in [0.2, 0.25) is 0 Å². The molecule has 0 bridgehead atoms. The molecule has 3 rings (SSSR count). The number of pyridine rings is 1. The summed E-state index contributed by atoms with van der Waals surface area (Å²) in [5, 5.41) is 8.11. The highest BCUT2D eigenvalue weighted by Crippen LogP contribution is 2.15. The first-order valence-corrected chi connectivity index (χ1v) is 5.98. The summed E-state index contributed by atoms with van der Waals surface area (Å²) in [5.41, 5.74) is 7.81. The van der Waals surface area contributed by atoms with Crippen molar-refractivity contribution in [1.82, 2.24) is 20.0 Å². The van der Waals surface area contributed by atoms with Crippen molar-refractivity contribution < 1.29 is 4.79 Å². The van der Waals surface area contributed by atoms with Crippen LogP contribution in [0.1, 0.15) is 10.4 Å². The Balaban J connectivity index is 1.98. The van der Waals surface area contributed by atoms with Crippen LogP contribution in [0.3, 0.4) is 0 Å². The summed E-state index contributed by atoms with van der Waals surface area (Å²) in [6, 6.07) is 12.5. The molecule has 0 unspecified atom stereocenters. The largest absolute Gasteiger partial charge is 0.366 e. The van der Waals surface area contributed by atoms with Gasteiger partial charge < -0.3 is 5.73 Å². The van der Waals surface area contributed by atoms with Crippen LogP contribution in [0.15, 0.2) is 54.9 Å². The van der Waals surface area contributed by atoms with E-state index >= 15 is 0 Å². The highest BCUT2D eigenvalue weighted by Gasteiger charge is 2.07. The lowest BCUT2D eigenvalue weighted by Gasteiger charge is -2.01. The van der Waals surface area contributed by atoms with Crippen LogP contribution in [0.25, 0.3) is 17.1 Å². The number of carbonyl (C=O) groups is 1. The fourth-order valence-corrected chi connectivity index (χ4v) is 1.82. The highest BCUT2D eigenvalue weighted by atomic mass is 16.1. The number of hydrogen-bond donors (Lipinski definition) is 1. The van der Waals surface area contributed by atoms with Gasteiger partial charge in [0.05, 0.1) is 17.6 Å². The van der Waals surface area contributed by atoms with E-state index in [9.17, 15) is 4.79 Å². The topological polar surface area (TPSA) is 86.7 Å². The van der Waals surface area contributed by atoms with Gasteiger partial charge in [-0.3, -0.25) is 9.78 Å². The fourth-order valence-electron chi connectivity index (χ4n) is 1.82. The van der Waals surface area contributed by atoms with Crippen molar-refractivity contribution in [3.63, 3.8) is 0 Å². The second-order valence-electron chi connectivity index (χ2n) is 4.18. The van der Waals surface area contributed by atoms with Crippen LogP contribution in [0.5, 0.6) is 0 Å². The molecule has 0 radical (unpaired) electrons. The van der Waals surface area contributed by atoms with Gasteiger partial charge >= 0.3 is 0 Å². The molecule has 0 spiro atoms. The lowest BCUT2D eigenvalue weighted by atomic mass is 10.2. The van der Waals surface area contributed by atoms with Crippen LogP contribution in [0.4, 0.5) is 0 Å². The maximum Gasteiger partial charge on any atom is 0.248 e. The van der Waals surface area contributed by atoms with Gasteiger partial charge in [-0.1, -0.05) is 17.3 Å². The molecule has 0 aliphatic carbocycles. The van der Waals surface area contributed by atoms with E-state index in [1.807, 2.05) is 24.3 Å². The first-order chi connectivity index (χ1) is 9.74. The Morgan fingerprint density at radius 3 is 2.75 bits per heavy atom. The van der Waals surface area contributed by atoms with Crippen molar-refractivity contribution in [2.75, 3.05) is 0 Å². The minimum atomic E-state index is -0.475. The summed E-state index contributed by atoms with van der Waals surface area (Å²) in [6.07, 6.45) is 3.45. The fraction of sp³-hybridized carbons (Fsp3) is 0. The molecule has 0 atom stereocenters. The number of benzene rings is 1. The minimum Gasteiger partial charge on any atom is -0.366 e. The van der Waals surface area contributed by atoms with Crippen molar-refractivity contribution in [1.29, 1.82) is 0 Å². The van der Waals surface area contributed by atoms with Crippen molar-refractivity contribution in [3.8, 4) is 17.1 Å². The van der Waals surface area contributed by atoms with Crippen LogP contribution >= 0.6 is 0 Å². The zero-order valence-corrected chi connectivity index (χ0v) is 10.5. The average molecular weight is 265 g/mol. The van der Waals surface area contributed by atoms with E-state index in [-0.39, 0.29) is 0 Å². The molecule has 98 valence electrons. The molecule has 20 heavy (non-hydrogen) atoms. The van der Waals surface area contributed by atoms with Crippen molar-refractivity contribution >= 4 is 5.91 Å². The van der Waals surface area contributed by atoms with E-state index < -0.39 is 5.91 Å². The van der Waals surface area contributed by atoms with E-state index in [2.05, 4.69) is 15.3 Å². The summed E-state index contributed by atoms with van der Waals surface area (Å²) in [4.78, 5) is 15.4. The van der Waals surface area contributed by atoms with Gasteiger partial charge in [-0.05, 0) is 30.3 Å². The molecule has 0 saturated heterocycles. The van der Waals surface area contributed by atoms with E-state index in [4.69, 9.17) is 5.73 Å². The highest BCUT2D eigenvalue weighted by molar-refractivity contribution is 5.93. The van der Waals surface area contributed by atoms with Crippen molar-refractivity contribution in [2.24, 2.45) is 5.73 Å². The predicted molar refractivity (Wildman–Crippen MR) is 73.1 cm³/mol. The van der Waals surface area contributed by atoms with Gasteiger partial charge in [-0.2, -0.15) is 0 Å². The van der Waals surface area contributed by atoms with Crippen LogP contribution in [-0.4, -0.2) is 25.9 Å². The third-order valence-electron chi connectivity index (χ3n) is 2.82. The zero-order chi connectivity index (χ0) is 13.9. The second kappa shape index (κ2) is 4.93. The van der Waals surface area contributed by atoms with E-state index in [0.29, 0.717) is 11.3 Å². The summed E-state index contributed by atoms with van der Waals surface area (Å²) < 4.78 is 1.58. The summed E-state index contributed by atoms with van der Waals surface area (Å²) in [6.45, 7) is 0. The van der Waals surface area contributed by atoms with Crippen molar-refractivity contribution in [2.45, 2.75) is 0 Å². The number of nitrogens with two attached hydrogens (primary N) is 1. The third kappa shape index (κ3) is 2.26. The lowest BCUT2D eigenvalue weighted by Crippen LogP contribution is -2.11. The number of rotatable bonds is 3. The van der Waals surface area contributed by atoms with Gasteiger partial charge in [-0.25, -0.2) is 4.68 Å². The standard InChI is InChI=1S/C14H11N5O/c15-14(20)10-4-3-5-11(8-10)19-9-13(17-18-19)12-6-1-2-7-16-12/h1-9H,(H2,15,20). The molecule has 1 amide bonds. The van der Waals surface area contributed by atoms with E-state index in [0.717, 1.165) is 11.4 Å². The molecule has 0 aliphatic heterocycles. The zero-order valence-electron chi connectivity index (χ0n) is 10.5. The molecule has 2 N–H and O–H groups in total. The molecular formula is C14H11N5O. The molecule has 3 aromatic rings. The van der Waals surface area contributed by atoms with E-state index in [1.165, 1.54) is 0 Å². The van der Waals surface area contributed by atoms with Crippen molar-refractivity contribution in [3.05, 3.63) is 60.4 Å². The quantitative estimate of drug-likeness (QED) is 0.776. The second-order valence-corrected chi connectivity index (χ2v) is 4.18. The number of amides is 1. The average Bonchev–Trinajstić information content (AvgIpc) is 2.98. The Kier molecular flexibility index (Phi) is 2.96. The summed E-state index contributed by atoms with van der Waals surface area (Å²) >= 11 is 0. The normalized spacial score (nSPS) is 10.4. The first kappa shape index (κ1) is 12.0. The van der Waals surface area contributed by atoms with Gasteiger partial charge in [-0.15, -0.1) is 5.10 Å². The maximum atomic E-state index is 11.2. The van der Waals surface area contributed by atoms with Crippen LogP contribution in [-0.2, 0) is 0 Å². The Morgan fingerprint density at radius 2 is 2.00 bits per heavy atom. The molecule has 6 heteroatoms. The molecular weight excluding hydrogens is 254 g/mol. The van der Waals surface area contributed by atoms with Gasteiger partial charge in [0, 0.05) is 11.8 Å². The number of primary amides is 1. The summed E-state index contributed by atoms with van der Waals surface area (Å²) in [7, 11) is 0. The number of nitrogens with zero attached hydrogens (tertiary/aromatic N) is 4. The Bertz CT molecular complexity index is 751. The molecule has 0 saturated carbocycles. The molecule has 2 aromatic heterocycles. The summed E-state index contributed by atoms with van der Waals surface area (Å²) in [5.74, 6) is -0.475. The third-order valence-corrected chi connectivity index (χ3v) is 2.82. The minimum absolute atomic E-state index is 0.428. The van der Waals surface area contributed by atoms with Gasteiger partial charge in [0.15, 0.2) is 0 Å². The monoisotopic (exact) mass is 265 g/mol. The molecule has 0 fully saturated rings. The first-order valence-electron chi connectivity index (χ1n) is 5.98. The molecule has 6 nitrogen and oxygen atoms in total. The molecule has 2 heterocycles. The van der Waals surface area contributed by atoms with Gasteiger partial charge in [0.25, 0.3) is 0 Å². The molecule has 1 aromatic carbocycles. The Morgan fingerprint density at radius 1 is 1.10 bits per heavy atom. The SMILES string of the molecule is NC(=O)c1cccc(-n2cc(-c3ccccn3)nn2)c1. The van der Waals surface area contributed by atoms with Crippen LogP contribution < -0.4 is 5.73 Å². The predicted octanol–water partition coefficient (Wildman–Crippen LogP) is 1.43. The Labute approximate surface area is 114 Å². The number of aromatic nitrogens is 4. The van der Waals surface area contributed by atoms with Crippen LogP contribution in [0, 0.1) is 0 Å². The van der Waals surface area contributed by atoms with Gasteiger partial charge in [0.1, 0.15) is 5.69 Å². The number of carbonyl (C=O) groups excluding carboxylic acids is 1. The van der Waals surface area contributed by atoms with Gasteiger partial charge in [0.2, 0.25) is 5.91 Å².